The van der Waals surface area contributed by atoms with Gasteiger partial charge in [0.2, 0.25) is 0 Å². The van der Waals surface area contributed by atoms with Crippen LogP contribution in [-0.4, -0.2) is 82.6 Å². The third kappa shape index (κ3) is 46.0. The molecule has 0 aromatic heterocycles. The molecule has 27 heavy (non-hydrogen) atoms. The molecule has 0 saturated heterocycles. The molecule has 152 valence electrons. The van der Waals surface area contributed by atoms with Gasteiger partial charge in [0.25, 0.3) is 0 Å². The van der Waals surface area contributed by atoms with Crippen LogP contribution in [0.2, 0.25) is 0 Å². The number of aliphatic hydroxyl groups is 2. The van der Waals surface area contributed by atoms with E-state index in [4.69, 9.17) is 10.2 Å². The van der Waals surface area contributed by atoms with Gasteiger partial charge >= 0.3 is 65.9 Å². The first kappa shape index (κ1) is 37.3. The zero-order valence-electron chi connectivity index (χ0n) is 13.2. The molecule has 0 unspecified atom stereocenters. The van der Waals surface area contributed by atoms with Crippen LogP contribution in [0.15, 0.2) is 0 Å². The zero-order chi connectivity index (χ0) is 22.7. The summed E-state index contributed by atoms with van der Waals surface area (Å²) in [5.41, 5.74) is -1.49. The fraction of sp³-hybridized carbons (Fsp3) is 1.00. The quantitative estimate of drug-likeness (QED) is 0.296. The summed E-state index contributed by atoms with van der Waals surface area (Å²) >= 11 is 0. The summed E-state index contributed by atoms with van der Waals surface area (Å²) in [5.74, 6) is 0. The number of aliphatic hydroxyl groups excluding tert-OH is 2. The van der Waals surface area contributed by atoms with E-state index in [-0.39, 0.29) is 0 Å². The minimum absolute atomic E-state index is 0.593. The molecule has 22 heteroatoms. The molecule has 0 rings (SSSR count). The summed E-state index contributed by atoms with van der Waals surface area (Å²) in [6.07, 6.45) is 0. The van der Waals surface area contributed by atoms with Crippen molar-refractivity contribution in [1.29, 1.82) is 0 Å². The molecular formula is C5H10B6F8O8. The molecule has 8 nitrogen and oxygen atoms in total. The van der Waals surface area contributed by atoms with E-state index in [0.29, 0.717) is 0 Å². The van der Waals surface area contributed by atoms with Crippen LogP contribution in [0.4, 0.5) is 34.5 Å². The van der Waals surface area contributed by atoms with E-state index in [1.165, 1.54) is 0 Å². The summed E-state index contributed by atoms with van der Waals surface area (Å²) in [4.78, 5) is 0. The van der Waals surface area contributed by atoms with E-state index >= 15 is 0 Å². The Balaban J connectivity index is -0.000000110. The Morgan fingerprint density at radius 2 is 0.815 bits per heavy atom. The van der Waals surface area contributed by atoms with Gasteiger partial charge in [0.05, 0.1) is 33.3 Å². The molecule has 0 radical (unpaired) electrons. The van der Waals surface area contributed by atoms with E-state index in [9.17, 15) is 54.6 Å². The third-order valence-electron chi connectivity index (χ3n) is 1.72. The number of rotatable bonds is 8. The van der Waals surface area contributed by atoms with Crippen molar-refractivity contribution in [2.24, 2.45) is 5.41 Å². The van der Waals surface area contributed by atoms with Crippen LogP contribution in [0.25, 0.3) is 0 Å². The van der Waals surface area contributed by atoms with Crippen molar-refractivity contribution in [2.75, 3.05) is 26.4 Å². The second-order valence-electron chi connectivity index (χ2n) is 3.35. The molecule has 0 aliphatic carbocycles. The molecule has 2 N–H and O–H groups in total. The van der Waals surface area contributed by atoms with E-state index in [0.717, 1.165) is 0 Å². The predicted molar refractivity (Wildman–Crippen MR) is 71.9 cm³/mol. The van der Waals surface area contributed by atoms with Gasteiger partial charge < -0.3 is 39.6 Å². The molecule has 0 amide bonds. The molecule has 0 aliphatic heterocycles. The van der Waals surface area contributed by atoms with Gasteiger partial charge in [-0.2, -0.15) is 0 Å². The number of hydrogen-bond donors (Lipinski definition) is 2. The molecule has 0 aromatic carbocycles. The summed E-state index contributed by atoms with van der Waals surface area (Å²) in [5, 5.41) is 57.9. The topological polar surface area (TPSA) is 151 Å². The standard InChI is InChI=1S/C5H10B2O8.4BF2/c8-1-5(2-9,3-14-6(10)11)4-15-7(12)13;4*2-1-3/h8-9H,1-4H2;;;;/q-4;4*+1. The maximum Gasteiger partial charge on any atom is 0.0604 e. The Morgan fingerprint density at radius 1 is 0.630 bits per heavy atom. The first-order chi connectivity index (χ1) is 12.6. The normalized spacial score (nSPS) is 7.93. The summed E-state index contributed by atoms with van der Waals surface area (Å²) < 4.78 is 84.2. The zero-order valence-corrected chi connectivity index (χ0v) is 13.2. The van der Waals surface area contributed by atoms with Crippen LogP contribution in [0.3, 0.4) is 0 Å². The van der Waals surface area contributed by atoms with Crippen molar-refractivity contribution in [3.05, 3.63) is 0 Å². The van der Waals surface area contributed by atoms with Crippen molar-refractivity contribution >= 4 is 46.0 Å². The SMILES string of the molecule is F[B+]F.F[B+]F.F[B+]F.F[B+]F.[O-]B([O-])OCC(CO)(CO)COB([O-])[O-]. The molecule has 0 spiro atoms. The van der Waals surface area contributed by atoms with E-state index in [1.807, 2.05) is 0 Å². The van der Waals surface area contributed by atoms with Crippen LogP contribution in [0, 0.1) is 5.41 Å². The average Bonchev–Trinajstić information content (AvgIpc) is 2.58. The van der Waals surface area contributed by atoms with Gasteiger partial charge in [0, 0.05) is 13.2 Å². The molecule has 0 atom stereocenters. The Morgan fingerprint density at radius 3 is 0.926 bits per heavy atom. The van der Waals surface area contributed by atoms with Crippen LogP contribution >= 0.6 is 0 Å². The van der Waals surface area contributed by atoms with E-state index < -0.39 is 77.8 Å². The van der Waals surface area contributed by atoms with Gasteiger partial charge in [-0.3, -0.25) is 0 Å². The van der Waals surface area contributed by atoms with Gasteiger partial charge in [-0.1, -0.05) is 0 Å². The van der Waals surface area contributed by atoms with E-state index in [1.54, 1.807) is 0 Å². The largest absolute Gasteiger partial charge is 0.871 e. The fourth-order valence-electron chi connectivity index (χ4n) is 0.764. The first-order valence-corrected chi connectivity index (χ1v) is 5.78. The molecule has 0 aromatic rings. The number of halogens is 8. The van der Waals surface area contributed by atoms with Gasteiger partial charge in [-0.25, -0.2) is 0 Å². The minimum atomic E-state index is -2.57. The summed E-state index contributed by atoms with van der Waals surface area (Å²) in [6.45, 7) is -2.57. The molecule has 0 fully saturated rings. The maximum absolute atomic E-state index is 10.0. The third-order valence-corrected chi connectivity index (χ3v) is 1.72. The van der Waals surface area contributed by atoms with Crippen LogP contribution in [0.5, 0.6) is 0 Å². The van der Waals surface area contributed by atoms with Crippen LogP contribution in [0.1, 0.15) is 0 Å². The minimum Gasteiger partial charge on any atom is -0.871 e. The molecule has 0 aliphatic rings. The molecule has 0 bridgehead atoms. The summed E-state index contributed by atoms with van der Waals surface area (Å²) in [7, 11) is -9.14. The van der Waals surface area contributed by atoms with E-state index in [2.05, 4.69) is 9.31 Å². The Bertz CT molecular complexity index is 217. The van der Waals surface area contributed by atoms with Gasteiger partial charge in [0.15, 0.2) is 0 Å². The van der Waals surface area contributed by atoms with Crippen LogP contribution in [-0.2, 0) is 9.31 Å². The predicted octanol–water partition coefficient (Wildman–Crippen LogP) is -4.76. The summed E-state index contributed by atoms with van der Waals surface area (Å²) in [6, 6.07) is 0. The van der Waals surface area contributed by atoms with Crippen molar-refractivity contribution in [2.45, 2.75) is 0 Å². The van der Waals surface area contributed by atoms with Crippen LogP contribution < -0.4 is 20.1 Å². The number of hydrogen-bond acceptors (Lipinski definition) is 8. The maximum atomic E-state index is 10.0. The second-order valence-corrected chi connectivity index (χ2v) is 3.35. The fourth-order valence-corrected chi connectivity index (χ4v) is 0.764. The Labute approximate surface area is 153 Å². The Hall–Kier alpha value is -0.490. The van der Waals surface area contributed by atoms with Gasteiger partial charge in [-0.15, -0.1) is 0 Å². The smallest absolute Gasteiger partial charge is 0.0604 e. The first-order valence-electron chi connectivity index (χ1n) is 5.78. The molecule has 0 saturated carbocycles. The van der Waals surface area contributed by atoms with Crippen molar-refractivity contribution in [1.82, 2.24) is 0 Å². The second kappa shape index (κ2) is 33.1. The van der Waals surface area contributed by atoms with Gasteiger partial charge in [-0.05, 0) is 0 Å². The Kier molecular flexibility index (Phi) is 45.7. The monoisotopic (exact) mass is 416 g/mol. The average molecular weight is 415 g/mol. The van der Waals surface area contributed by atoms with Gasteiger partial charge in [0.1, 0.15) is 0 Å². The molecular weight excluding hydrogens is 405 g/mol. The van der Waals surface area contributed by atoms with Crippen molar-refractivity contribution in [3.8, 4) is 0 Å². The van der Waals surface area contributed by atoms with Crippen molar-refractivity contribution in [3.63, 3.8) is 0 Å². The van der Waals surface area contributed by atoms with Crippen molar-refractivity contribution < 1.29 is 74.1 Å². The molecule has 0 heterocycles.